The van der Waals surface area contributed by atoms with Gasteiger partial charge in [0.2, 0.25) is 0 Å². The molecule has 0 saturated heterocycles. The first-order valence-electron chi connectivity index (χ1n) is 25.1. The molecule has 0 heterocycles. The molecule has 0 saturated carbocycles. The summed E-state index contributed by atoms with van der Waals surface area (Å²) in [6, 6.07) is 14.6. The van der Waals surface area contributed by atoms with Crippen LogP contribution in [0.15, 0.2) is 60.7 Å². The number of hydrogen-bond donors (Lipinski definition) is 2. The summed E-state index contributed by atoms with van der Waals surface area (Å²) in [6.45, 7) is 4.76. The van der Waals surface area contributed by atoms with Crippen molar-refractivity contribution in [1.29, 1.82) is 0 Å². The van der Waals surface area contributed by atoms with Crippen molar-refractivity contribution < 1.29 is 47.4 Å². The van der Waals surface area contributed by atoms with E-state index in [9.17, 15) is 23.9 Å². The minimum Gasteiger partial charge on any atom is -0.494 e. The molecule has 11 heteroatoms. The highest BCUT2D eigenvalue weighted by atomic mass is 31.2. The van der Waals surface area contributed by atoms with E-state index in [-0.39, 0.29) is 0 Å². The van der Waals surface area contributed by atoms with Crippen molar-refractivity contribution in [2.24, 2.45) is 0 Å². The molecule has 0 aliphatic heterocycles. The van der Waals surface area contributed by atoms with Crippen LogP contribution in [0.5, 0.6) is 11.5 Å². The number of phosphoric ester groups is 1. The molecule has 0 atom stereocenters. The predicted molar refractivity (Wildman–Crippen MR) is 261 cm³/mol. The van der Waals surface area contributed by atoms with Gasteiger partial charge in [-0.1, -0.05) is 205 Å². The first-order chi connectivity index (χ1) is 31.2. The maximum atomic E-state index is 12.4. The van der Waals surface area contributed by atoms with Crippen LogP contribution in [0.1, 0.15) is 205 Å². The van der Waals surface area contributed by atoms with Gasteiger partial charge in [-0.3, -0.25) is 4.52 Å². The van der Waals surface area contributed by atoms with Crippen LogP contribution in [-0.2, 0) is 28.2 Å². The lowest BCUT2D eigenvalue weighted by atomic mass is 10.0. The highest BCUT2D eigenvalue weighted by Crippen LogP contribution is 2.37. The van der Waals surface area contributed by atoms with Gasteiger partial charge in [0, 0.05) is 12.2 Å². The summed E-state index contributed by atoms with van der Waals surface area (Å²) in [4.78, 5) is 43.5. The Morgan fingerprint density at radius 1 is 0.469 bits per heavy atom. The summed E-state index contributed by atoms with van der Waals surface area (Å²) >= 11 is 0. The van der Waals surface area contributed by atoms with E-state index in [2.05, 4.69) is 13.8 Å². The molecule has 0 bridgehead atoms. The molecule has 0 aliphatic rings. The van der Waals surface area contributed by atoms with Gasteiger partial charge < -0.3 is 28.7 Å². The number of unbranched alkanes of at least 4 members (excludes halogenated alkanes) is 26. The van der Waals surface area contributed by atoms with Crippen molar-refractivity contribution >= 4 is 31.9 Å². The van der Waals surface area contributed by atoms with Crippen LogP contribution in [0, 0.1) is 0 Å². The standard InChI is InChI=1S/C53H85O10P/c1-3-5-7-9-11-13-15-17-19-21-23-25-27-29-43-59-49-37-31-47(32-38-49)35-41-52(54)61-45-51(63-64(56,57)58)46-62-53(55)42-36-48-33-39-50(40-34-48)60-44-30-28-26-24-22-20-18-16-14-12-10-8-6-4-2/h31-42,51H,3-30,43-46H2,1-2H3,(H2,56,57,58)/b41-35+,42-36+. The van der Waals surface area contributed by atoms with Crippen molar-refractivity contribution in [2.45, 2.75) is 200 Å². The summed E-state index contributed by atoms with van der Waals surface area (Å²) in [5, 5.41) is 0. The predicted octanol–water partition coefficient (Wildman–Crippen LogP) is 14.7. The molecule has 0 unspecified atom stereocenters. The highest BCUT2D eigenvalue weighted by Gasteiger charge is 2.25. The van der Waals surface area contributed by atoms with E-state index in [1.54, 1.807) is 12.2 Å². The lowest BCUT2D eigenvalue weighted by Crippen LogP contribution is -2.27. The summed E-state index contributed by atoms with van der Waals surface area (Å²) in [5.41, 5.74) is 1.49. The third-order valence-corrected chi connectivity index (χ3v) is 11.8. The van der Waals surface area contributed by atoms with Gasteiger partial charge in [0.25, 0.3) is 0 Å². The number of carbonyl (C=O) groups excluding carboxylic acids is 2. The minimum absolute atomic E-state index is 0.544. The molecule has 0 aromatic heterocycles. The van der Waals surface area contributed by atoms with E-state index in [1.807, 2.05) is 48.5 Å². The Bertz CT molecular complexity index is 1430. The van der Waals surface area contributed by atoms with Crippen LogP contribution < -0.4 is 9.47 Å². The largest absolute Gasteiger partial charge is 0.494 e. The lowest BCUT2D eigenvalue weighted by Gasteiger charge is -2.17. The van der Waals surface area contributed by atoms with Crippen molar-refractivity contribution in [1.82, 2.24) is 0 Å². The molecule has 2 N–H and O–H groups in total. The van der Waals surface area contributed by atoms with Crippen molar-refractivity contribution in [3.8, 4) is 11.5 Å². The number of carbonyl (C=O) groups is 2. The molecule has 0 aliphatic carbocycles. The average molecular weight is 913 g/mol. The number of benzene rings is 2. The van der Waals surface area contributed by atoms with Crippen molar-refractivity contribution in [3.63, 3.8) is 0 Å². The highest BCUT2D eigenvalue weighted by molar-refractivity contribution is 7.46. The lowest BCUT2D eigenvalue weighted by molar-refractivity contribution is -0.145. The molecule has 64 heavy (non-hydrogen) atoms. The van der Waals surface area contributed by atoms with Crippen molar-refractivity contribution in [2.75, 3.05) is 26.4 Å². The minimum atomic E-state index is -4.97. The molecule has 10 nitrogen and oxygen atoms in total. The number of rotatable bonds is 42. The van der Waals surface area contributed by atoms with Crippen molar-refractivity contribution in [3.05, 3.63) is 71.8 Å². The fourth-order valence-electron chi connectivity index (χ4n) is 7.40. The Morgan fingerprint density at radius 2 is 0.750 bits per heavy atom. The number of hydrogen-bond acceptors (Lipinski definition) is 8. The van der Waals surface area contributed by atoms with E-state index >= 15 is 0 Å². The summed E-state index contributed by atoms with van der Waals surface area (Å²) in [7, 11) is -4.97. The summed E-state index contributed by atoms with van der Waals surface area (Å²) in [5.74, 6) is 0.000307. The Labute approximate surface area is 387 Å². The Hall–Kier alpha value is -3.43. The molecule has 362 valence electrons. The Kier molecular flexibility index (Phi) is 34.4. The maximum absolute atomic E-state index is 12.4. The zero-order valence-corrected chi connectivity index (χ0v) is 40.6. The first kappa shape index (κ1) is 56.7. The second kappa shape index (κ2) is 38.8. The van der Waals surface area contributed by atoms with E-state index < -0.39 is 39.1 Å². The number of phosphoric acid groups is 1. The second-order valence-electron chi connectivity index (χ2n) is 17.2. The zero-order valence-electron chi connectivity index (χ0n) is 39.7. The topological polar surface area (TPSA) is 138 Å². The van der Waals surface area contributed by atoms with E-state index in [1.165, 1.54) is 166 Å². The number of ether oxygens (including phenoxy) is 4. The van der Waals surface area contributed by atoms with Gasteiger partial charge in [0.1, 0.15) is 30.8 Å². The normalized spacial score (nSPS) is 11.8. The average Bonchev–Trinajstić information content (AvgIpc) is 3.28. The molecule has 0 amide bonds. The van der Waals surface area contributed by atoms with E-state index in [0.717, 1.165) is 48.3 Å². The van der Waals surface area contributed by atoms with Crippen LogP contribution in [0.25, 0.3) is 12.2 Å². The van der Waals surface area contributed by atoms with Crippen LogP contribution >= 0.6 is 7.82 Å². The van der Waals surface area contributed by atoms with Crippen LogP contribution in [0.4, 0.5) is 0 Å². The fraction of sp³-hybridized carbons (Fsp3) is 0.660. The van der Waals surface area contributed by atoms with Gasteiger partial charge in [0.15, 0.2) is 0 Å². The molecule has 0 fully saturated rings. The van der Waals surface area contributed by atoms with Crippen LogP contribution in [0.3, 0.4) is 0 Å². The third-order valence-electron chi connectivity index (χ3n) is 11.2. The Balaban J connectivity index is 1.57. The van der Waals surface area contributed by atoms with E-state index in [0.29, 0.717) is 13.2 Å². The molecular formula is C53H85O10P. The SMILES string of the molecule is CCCCCCCCCCCCCCCCOc1ccc(/C=C/C(=O)OCC(COC(=O)/C=C/c2ccc(OCCCCCCCCCCCCCCCC)cc2)OP(=O)(O)O)cc1. The fourth-order valence-corrected chi connectivity index (χ4v) is 7.91. The zero-order chi connectivity index (χ0) is 46.2. The molecule has 2 aromatic rings. The molecule has 2 aromatic carbocycles. The van der Waals surface area contributed by atoms with Gasteiger partial charge in [-0.05, 0) is 60.4 Å². The Morgan fingerprint density at radius 3 is 1.03 bits per heavy atom. The quantitative estimate of drug-likeness (QED) is 0.0286. The molecule has 2 rings (SSSR count). The van der Waals surface area contributed by atoms with Gasteiger partial charge in [-0.2, -0.15) is 0 Å². The van der Waals surface area contributed by atoms with Crippen LogP contribution in [-0.4, -0.2) is 54.3 Å². The summed E-state index contributed by atoms with van der Waals surface area (Å²) in [6.07, 6.45) is 40.9. The molecule has 0 radical (unpaired) electrons. The van der Waals surface area contributed by atoms with Gasteiger partial charge in [0.05, 0.1) is 13.2 Å². The molecular weight excluding hydrogens is 828 g/mol. The van der Waals surface area contributed by atoms with Gasteiger partial charge >= 0.3 is 19.8 Å². The van der Waals surface area contributed by atoms with E-state index in [4.69, 9.17) is 23.5 Å². The maximum Gasteiger partial charge on any atom is 0.470 e. The van der Waals surface area contributed by atoms with Gasteiger partial charge in [-0.25, -0.2) is 14.2 Å². The first-order valence-corrected chi connectivity index (χ1v) is 26.6. The molecule has 0 spiro atoms. The summed E-state index contributed by atoms with van der Waals surface area (Å²) < 4.78 is 38.3. The van der Waals surface area contributed by atoms with Crippen LogP contribution in [0.2, 0.25) is 0 Å². The third kappa shape index (κ3) is 34.0. The second-order valence-corrected chi connectivity index (χ2v) is 18.4. The van der Waals surface area contributed by atoms with Gasteiger partial charge in [-0.15, -0.1) is 0 Å². The number of esters is 2. The monoisotopic (exact) mass is 913 g/mol. The smallest absolute Gasteiger partial charge is 0.470 e.